The average Bonchev–Trinajstić information content (AvgIpc) is 3.29. The molecule has 5 aliphatic carbocycles. The van der Waals surface area contributed by atoms with Gasteiger partial charge in [-0.2, -0.15) is 0 Å². The number of aliphatic carboxylic acids is 1. The third-order valence-corrected chi connectivity index (χ3v) is 13.5. The van der Waals surface area contributed by atoms with Crippen molar-refractivity contribution in [3.8, 4) is 0 Å². The number of ether oxygens (including phenoxy) is 2. The number of hydrogen-bond donors (Lipinski definition) is 2. The van der Waals surface area contributed by atoms with Gasteiger partial charge >= 0.3 is 17.9 Å². The third kappa shape index (κ3) is 3.80. The van der Waals surface area contributed by atoms with Crippen molar-refractivity contribution in [2.75, 3.05) is 13.7 Å². The second kappa shape index (κ2) is 9.60. The number of aliphatic hydroxyl groups is 1. The number of rotatable bonds is 5. The molecule has 5 saturated carbocycles. The Morgan fingerprint density at radius 3 is 2.23 bits per heavy atom. The Bertz CT molecular complexity index is 1050. The smallest absolute Gasteiger partial charge is 0.312 e. The highest BCUT2D eigenvalue weighted by molar-refractivity contribution is 5.76. The zero-order valence-corrected chi connectivity index (χ0v) is 24.5. The van der Waals surface area contributed by atoms with Gasteiger partial charge in [-0.05, 0) is 116 Å². The highest BCUT2D eigenvalue weighted by Crippen LogP contribution is 2.76. The van der Waals surface area contributed by atoms with E-state index in [1.54, 1.807) is 0 Å². The Morgan fingerprint density at radius 2 is 1.62 bits per heavy atom. The molecule has 11 atom stereocenters. The van der Waals surface area contributed by atoms with Gasteiger partial charge in [0.05, 0.1) is 25.0 Å². The lowest BCUT2D eigenvalue weighted by Crippen LogP contribution is -2.66. The molecule has 0 aliphatic heterocycles. The van der Waals surface area contributed by atoms with E-state index in [4.69, 9.17) is 9.47 Å². The van der Waals surface area contributed by atoms with Crippen LogP contribution >= 0.6 is 0 Å². The maximum absolute atomic E-state index is 13.1. The molecule has 0 bridgehead atoms. The van der Waals surface area contributed by atoms with E-state index in [0.29, 0.717) is 25.2 Å². The Labute approximate surface area is 233 Å². The number of carboxylic acids is 1. The predicted molar refractivity (Wildman–Crippen MR) is 145 cm³/mol. The van der Waals surface area contributed by atoms with Crippen molar-refractivity contribution in [3.05, 3.63) is 12.2 Å². The van der Waals surface area contributed by atoms with Crippen LogP contribution in [0.2, 0.25) is 0 Å². The number of carbonyl (C=O) groups is 3. The molecule has 7 heteroatoms. The Morgan fingerprint density at radius 1 is 0.897 bits per heavy atom. The van der Waals surface area contributed by atoms with E-state index >= 15 is 0 Å². The summed E-state index contributed by atoms with van der Waals surface area (Å²) in [6, 6.07) is 0. The normalized spacial score (nSPS) is 48.5. The summed E-state index contributed by atoms with van der Waals surface area (Å²) in [5.74, 6) is -0.990. The number of carbonyl (C=O) groups excluding carboxylic acids is 2. The van der Waals surface area contributed by atoms with Crippen LogP contribution in [0, 0.1) is 57.2 Å². The van der Waals surface area contributed by atoms with Crippen LogP contribution in [0.3, 0.4) is 0 Å². The minimum atomic E-state index is -0.727. The molecule has 7 nitrogen and oxygen atoms in total. The maximum atomic E-state index is 13.1. The lowest BCUT2D eigenvalue weighted by molar-refractivity contribution is -0.240. The lowest BCUT2D eigenvalue weighted by Gasteiger charge is -2.71. The molecule has 5 aliphatic rings. The minimum Gasteiger partial charge on any atom is -0.481 e. The third-order valence-electron chi connectivity index (χ3n) is 13.5. The second-order valence-electron chi connectivity index (χ2n) is 14.4. The van der Waals surface area contributed by atoms with Gasteiger partial charge in [-0.3, -0.25) is 14.4 Å². The van der Waals surface area contributed by atoms with Crippen LogP contribution in [0.4, 0.5) is 0 Å². The second-order valence-corrected chi connectivity index (χ2v) is 14.4. The van der Waals surface area contributed by atoms with Crippen LogP contribution in [0.15, 0.2) is 12.2 Å². The number of carboxylic acid groups (broad SMARTS) is 1. The van der Waals surface area contributed by atoms with Crippen molar-refractivity contribution in [3.63, 3.8) is 0 Å². The van der Waals surface area contributed by atoms with Crippen molar-refractivity contribution in [2.45, 2.75) is 98.0 Å². The van der Waals surface area contributed by atoms with E-state index in [2.05, 4.69) is 27.4 Å². The lowest BCUT2D eigenvalue weighted by atomic mass is 9.33. The summed E-state index contributed by atoms with van der Waals surface area (Å²) in [7, 11) is 1.42. The average molecular weight is 545 g/mol. The molecule has 5 rings (SSSR count). The van der Waals surface area contributed by atoms with Crippen LogP contribution in [-0.2, 0) is 23.9 Å². The fourth-order valence-corrected chi connectivity index (χ4v) is 11.6. The number of fused-ring (bicyclic) bond motifs is 7. The summed E-state index contributed by atoms with van der Waals surface area (Å²) in [4.78, 5) is 37.9. The van der Waals surface area contributed by atoms with Crippen molar-refractivity contribution in [2.24, 2.45) is 57.2 Å². The largest absolute Gasteiger partial charge is 0.481 e. The van der Waals surface area contributed by atoms with E-state index in [1.165, 1.54) is 14.0 Å². The van der Waals surface area contributed by atoms with Gasteiger partial charge in [0.25, 0.3) is 0 Å². The van der Waals surface area contributed by atoms with Gasteiger partial charge in [-0.15, -0.1) is 0 Å². The summed E-state index contributed by atoms with van der Waals surface area (Å²) >= 11 is 0. The van der Waals surface area contributed by atoms with Gasteiger partial charge in [-0.25, -0.2) is 0 Å². The van der Waals surface area contributed by atoms with Gasteiger partial charge in [0.15, 0.2) is 0 Å². The molecular formula is C32H48O7. The number of esters is 2. The summed E-state index contributed by atoms with van der Waals surface area (Å²) in [6.07, 6.45) is 7.93. The highest BCUT2D eigenvalue weighted by Gasteiger charge is 2.72. The Kier molecular flexibility index (Phi) is 7.04. The summed E-state index contributed by atoms with van der Waals surface area (Å²) in [5, 5.41) is 20.6. The Hall–Kier alpha value is -1.89. The van der Waals surface area contributed by atoms with Crippen LogP contribution < -0.4 is 0 Å². The quantitative estimate of drug-likeness (QED) is 0.352. The van der Waals surface area contributed by atoms with E-state index in [-0.39, 0.29) is 58.5 Å². The predicted octanol–water partition coefficient (Wildman–Crippen LogP) is 5.40. The molecular weight excluding hydrogens is 496 g/mol. The first kappa shape index (κ1) is 28.6. The van der Waals surface area contributed by atoms with Crippen LogP contribution in [0.25, 0.3) is 0 Å². The van der Waals surface area contributed by atoms with Gasteiger partial charge in [-0.1, -0.05) is 27.4 Å². The highest BCUT2D eigenvalue weighted by atomic mass is 16.6. The first-order chi connectivity index (χ1) is 18.3. The van der Waals surface area contributed by atoms with E-state index in [1.807, 2.05) is 0 Å². The molecule has 2 N–H and O–H groups in total. The molecule has 0 saturated heterocycles. The molecule has 0 amide bonds. The summed E-state index contributed by atoms with van der Waals surface area (Å²) < 4.78 is 11.0. The van der Waals surface area contributed by atoms with Crippen LogP contribution in [0.5, 0.6) is 0 Å². The topological polar surface area (TPSA) is 110 Å². The zero-order valence-electron chi connectivity index (χ0n) is 24.5. The number of methoxy groups -OCH3 is 1. The van der Waals surface area contributed by atoms with Crippen molar-refractivity contribution >= 4 is 17.9 Å². The zero-order chi connectivity index (χ0) is 28.5. The molecule has 0 unspecified atom stereocenters. The van der Waals surface area contributed by atoms with Gasteiger partial charge < -0.3 is 19.7 Å². The molecule has 5 fully saturated rings. The molecule has 0 aromatic heterocycles. The molecule has 0 radical (unpaired) electrons. The molecule has 0 aromatic rings. The van der Waals surface area contributed by atoms with Crippen molar-refractivity contribution in [1.82, 2.24) is 0 Å². The molecule has 0 heterocycles. The fourth-order valence-electron chi connectivity index (χ4n) is 11.6. The standard InChI is InChI=1S/C32H48O7/c1-18(17-33)20-9-14-32(28(36)37)16-15-30(4)22(26(20)32)7-8-24-29(3)12-11-23(39-19(2)34)25(27(35)38-6)21(29)10-13-31(24,30)5/h20-26,33H,1,7-17H2,2-6H3,(H,36,37)/t20-,21+,22+,23+,24+,25-,26+,29+,30+,31+,32-/m0/s1. The Balaban J connectivity index is 1.52. The minimum absolute atomic E-state index is 0.000718. The fraction of sp³-hybridized carbons (Fsp3) is 0.844. The van der Waals surface area contributed by atoms with Crippen molar-refractivity contribution in [1.29, 1.82) is 0 Å². The van der Waals surface area contributed by atoms with E-state index < -0.39 is 23.4 Å². The van der Waals surface area contributed by atoms with Gasteiger partial charge in [0.2, 0.25) is 0 Å². The van der Waals surface area contributed by atoms with Crippen molar-refractivity contribution < 1.29 is 34.1 Å². The number of hydrogen-bond acceptors (Lipinski definition) is 6. The van der Waals surface area contributed by atoms with E-state index in [9.17, 15) is 24.6 Å². The van der Waals surface area contributed by atoms with Gasteiger partial charge in [0.1, 0.15) is 6.10 Å². The first-order valence-electron chi connectivity index (χ1n) is 15.1. The van der Waals surface area contributed by atoms with Crippen LogP contribution in [-0.4, -0.2) is 47.9 Å². The van der Waals surface area contributed by atoms with Crippen LogP contribution in [0.1, 0.15) is 91.9 Å². The maximum Gasteiger partial charge on any atom is 0.312 e. The number of aliphatic hydroxyl groups excluding tert-OH is 1. The summed E-state index contributed by atoms with van der Waals surface area (Å²) in [6.45, 7) is 12.8. The monoisotopic (exact) mass is 544 g/mol. The molecule has 218 valence electrons. The summed E-state index contributed by atoms with van der Waals surface area (Å²) in [5.41, 5.74) is -0.0786. The molecule has 39 heavy (non-hydrogen) atoms. The first-order valence-corrected chi connectivity index (χ1v) is 15.1. The van der Waals surface area contributed by atoms with E-state index in [0.717, 1.165) is 50.5 Å². The van der Waals surface area contributed by atoms with Gasteiger partial charge in [0, 0.05) is 6.92 Å². The molecule has 0 spiro atoms. The molecule has 0 aromatic carbocycles. The SMILES string of the molecule is C=C(CO)[C@@H]1CC[C@]2(C(=O)O)CC[C@]3(C)[C@H](CC[C@@H]4[C@]5(C)CC[C@@H](OC(C)=O)[C@@H](C(=O)OC)[C@H]5CC[C@]43C)[C@@H]12.